The number of rotatable bonds is 12. The van der Waals surface area contributed by atoms with Gasteiger partial charge in [-0.3, -0.25) is 19.6 Å². The Morgan fingerprint density at radius 1 is 0.172 bits per heavy atom. The lowest BCUT2D eigenvalue weighted by Crippen LogP contribution is -2.14. The molecular formula is C52H40N12. The number of pyridine rings is 8. The zero-order valence-electron chi connectivity index (χ0n) is 34.5. The van der Waals surface area contributed by atoms with E-state index in [1.165, 1.54) is 0 Å². The predicted octanol–water partition coefficient (Wildman–Crippen LogP) is 12.4. The third-order valence-corrected chi connectivity index (χ3v) is 9.76. The van der Waals surface area contributed by atoms with Gasteiger partial charge in [0.25, 0.3) is 0 Å². The zero-order chi connectivity index (χ0) is 43.2. The first kappa shape index (κ1) is 40.3. The maximum Gasteiger partial charge on any atom is 0.138 e. The predicted molar refractivity (Wildman–Crippen MR) is 254 cm³/mol. The van der Waals surface area contributed by atoms with Crippen LogP contribution in [0.2, 0.25) is 0 Å². The average molecular weight is 833 g/mol. The minimum Gasteiger partial charge on any atom is -0.279 e. The Morgan fingerprint density at radius 3 is 0.422 bits per heavy atom. The van der Waals surface area contributed by atoms with Crippen molar-refractivity contribution < 1.29 is 0 Å². The molecule has 64 heavy (non-hydrogen) atoms. The summed E-state index contributed by atoms with van der Waals surface area (Å²) in [4.78, 5) is 44.4. The van der Waals surface area contributed by atoms with Gasteiger partial charge in [0.1, 0.15) is 46.5 Å². The van der Waals surface area contributed by atoms with Crippen LogP contribution < -0.4 is 19.6 Å². The van der Waals surface area contributed by atoms with Crippen molar-refractivity contribution in [3.63, 3.8) is 0 Å². The fourth-order valence-electron chi connectivity index (χ4n) is 6.92. The topological polar surface area (TPSA) is 116 Å². The van der Waals surface area contributed by atoms with Crippen LogP contribution in [-0.2, 0) is 0 Å². The van der Waals surface area contributed by atoms with Gasteiger partial charge >= 0.3 is 0 Å². The van der Waals surface area contributed by atoms with Crippen LogP contribution in [0.1, 0.15) is 0 Å². The number of anilines is 12. The highest BCUT2D eigenvalue weighted by Crippen LogP contribution is 2.38. The van der Waals surface area contributed by atoms with E-state index in [0.29, 0.717) is 0 Å². The van der Waals surface area contributed by atoms with E-state index in [9.17, 15) is 0 Å². The van der Waals surface area contributed by atoms with E-state index in [-0.39, 0.29) is 0 Å². The molecule has 12 nitrogen and oxygen atoms in total. The molecule has 308 valence electrons. The first-order valence-electron chi connectivity index (χ1n) is 20.5. The number of benzene rings is 2. The largest absolute Gasteiger partial charge is 0.279 e. The molecule has 2 aromatic carbocycles. The van der Waals surface area contributed by atoms with Gasteiger partial charge in [0.05, 0.1) is 0 Å². The van der Waals surface area contributed by atoms with Gasteiger partial charge in [-0.05, 0) is 146 Å². The molecule has 0 unspecified atom stereocenters. The number of nitrogens with zero attached hydrogens (tertiary/aromatic N) is 12. The molecule has 0 aliphatic rings. The molecule has 0 spiro atoms. The molecule has 0 radical (unpaired) electrons. The van der Waals surface area contributed by atoms with Gasteiger partial charge in [0.2, 0.25) is 0 Å². The number of hydrogen-bond donors (Lipinski definition) is 0. The van der Waals surface area contributed by atoms with E-state index in [2.05, 4.69) is 88.4 Å². The monoisotopic (exact) mass is 832 g/mol. The molecule has 8 heterocycles. The van der Waals surface area contributed by atoms with Crippen LogP contribution in [0, 0.1) is 0 Å². The van der Waals surface area contributed by atoms with Crippen molar-refractivity contribution in [2.45, 2.75) is 0 Å². The van der Waals surface area contributed by atoms with Crippen molar-refractivity contribution in [2.24, 2.45) is 0 Å². The molecule has 10 rings (SSSR count). The Balaban J connectivity index is 0.000000162. The highest BCUT2D eigenvalue weighted by Gasteiger charge is 2.19. The Kier molecular flexibility index (Phi) is 12.5. The summed E-state index contributed by atoms with van der Waals surface area (Å²) < 4.78 is 0. The van der Waals surface area contributed by atoms with Crippen molar-refractivity contribution in [3.05, 3.63) is 244 Å². The van der Waals surface area contributed by atoms with Gasteiger partial charge in [0.15, 0.2) is 0 Å². The van der Waals surface area contributed by atoms with Crippen LogP contribution in [0.25, 0.3) is 0 Å². The van der Waals surface area contributed by atoms with Crippen LogP contribution in [0.4, 0.5) is 69.3 Å². The molecule has 12 heteroatoms. The molecule has 10 aromatic rings. The number of hydrogen-bond acceptors (Lipinski definition) is 12. The van der Waals surface area contributed by atoms with Crippen LogP contribution in [0.5, 0.6) is 0 Å². The summed E-state index contributed by atoms with van der Waals surface area (Å²) in [6.45, 7) is 0. The van der Waals surface area contributed by atoms with Gasteiger partial charge in [-0.1, -0.05) is 48.5 Å². The summed E-state index contributed by atoms with van der Waals surface area (Å²) in [6.07, 6.45) is 14.3. The van der Waals surface area contributed by atoms with E-state index in [0.717, 1.165) is 69.3 Å². The summed E-state index contributed by atoms with van der Waals surface area (Å²) in [5, 5.41) is 0. The first-order valence-corrected chi connectivity index (χ1v) is 20.5. The van der Waals surface area contributed by atoms with Gasteiger partial charge in [-0.25, -0.2) is 39.9 Å². The zero-order valence-corrected chi connectivity index (χ0v) is 34.5. The maximum absolute atomic E-state index is 4.54. The number of aromatic nitrogens is 8. The standard InChI is InChI=1S/2C26H20N6/c2*1-5-17-27-23(9-1)31(24-10-2-6-18-28-24)21-13-15-22(16-14-21)32(25-11-3-7-19-29-25)26-12-4-8-20-30-26/h2*1-20H. The van der Waals surface area contributed by atoms with Crippen LogP contribution in [-0.4, -0.2) is 39.9 Å². The third-order valence-electron chi connectivity index (χ3n) is 9.76. The molecule has 0 atom stereocenters. The van der Waals surface area contributed by atoms with Crippen molar-refractivity contribution in [3.8, 4) is 0 Å². The third kappa shape index (κ3) is 9.41. The minimum atomic E-state index is 0.797. The van der Waals surface area contributed by atoms with Crippen LogP contribution in [0.15, 0.2) is 244 Å². The normalized spacial score (nSPS) is 10.5. The lowest BCUT2D eigenvalue weighted by atomic mass is 10.2. The van der Waals surface area contributed by atoms with Gasteiger partial charge in [0, 0.05) is 72.3 Å². The summed E-state index contributed by atoms with van der Waals surface area (Å²) in [5.41, 5.74) is 3.81. The maximum atomic E-state index is 4.54. The van der Waals surface area contributed by atoms with E-state index in [4.69, 9.17) is 0 Å². The summed E-state index contributed by atoms with van der Waals surface area (Å²) in [7, 11) is 0. The fourth-order valence-corrected chi connectivity index (χ4v) is 6.92. The lowest BCUT2D eigenvalue weighted by Gasteiger charge is -2.25. The molecule has 0 aliphatic carbocycles. The molecule has 0 N–H and O–H groups in total. The summed E-state index contributed by atoms with van der Waals surface area (Å²) >= 11 is 0. The molecule has 0 amide bonds. The molecule has 8 aromatic heterocycles. The fraction of sp³-hybridized carbons (Fsp3) is 0. The van der Waals surface area contributed by atoms with E-state index in [1.54, 1.807) is 49.6 Å². The molecule has 0 saturated heterocycles. The lowest BCUT2D eigenvalue weighted by molar-refractivity contribution is 1.11. The Bertz CT molecular complexity index is 2340. The highest BCUT2D eigenvalue weighted by molar-refractivity contribution is 5.79. The van der Waals surface area contributed by atoms with Crippen molar-refractivity contribution >= 4 is 69.3 Å². The van der Waals surface area contributed by atoms with Crippen molar-refractivity contribution in [2.75, 3.05) is 19.6 Å². The first-order chi connectivity index (χ1) is 31.8. The summed E-state index contributed by atoms with van der Waals surface area (Å²) in [5.74, 6) is 6.37. The minimum absolute atomic E-state index is 0.797. The highest BCUT2D eigenvalue weighted by atomic mass is 15.3. The Labute approximate surface area is 371 Å². The smallest absolute Gasteiger partial charge is 0.138 e. The van der Waals surface area contributed by atoms with Gasteiger partial charge < -0.3 is 0 Å². The second kappa shape index (κ2) is 19.9. The van der Waals surface area contributed by atoms with Crippen molar-refractivity contribution in [1.82, 2.24) is 39.9 Å². The average Bonchev–Trinajstić information content (AvgIpc) is 3.38. The molecule has 0 fully saturated rings. The molecule has 0 bridgehead atoms. The van der Waals surface area contributed by atoms with E-state index in [1.807, 2.05) is 165 Å². The SMILES string of the molecule is c1ccc(N(c2ccc(N(c3ccccn3)c3ccccn3)cc2)c2ccccn2)nc1.c1ccc(N(c2ccc(N(c3ccccn3)c3ccccn3)cc2)c2ccccn2)nc1. The van der Waals surface area contributed by atoms with Gasteiger partial charge in [-0.2, -0.15) is 0 Å². The van der Waals surface area contributed by atoms with E-state index >= 15 is 0 Å². The van der Waals surface area contributed by atoms with Gasteiger partial charge in [-0.15, -0.1) is 0 Å². The second-order valence-corrected chi connectivity index (χ2v) is 13.9. The Hall–Kier alpha value is -9.16. The quantitative estimate of drug-likeness (QED) is 0.117. The molecular weight excluding hydrogens is 793 g/mol. The Morgan fingerprint density at radius 2 is 0.312 bits per heavy atom. The van der Waals surface area contributed by atoms with Crippen LogP contribution in [0.3, 0.4) is 0 Å². The van der Waals surface area contributed by atoms with E-state index < -0.39 is 0 Å². The molecule has 0 saturated carbocycles. The molecule has 0 aliphatic heterocycles. The second-order valence-electron chi connectivity index (χ2n) is 13.9. The van der Waals surface area contributed by atoms with Crippen LogP contribution >= 0.6 is 0 Å². The van der Waals surface area contributed by atoms with Crippen molar-refractivity contribution in [1.29, 1.82) is 0 Å². The summed E-state index contributed by atoms with van der Waals surface area (Å²) in [6, 6.07) is 63.2.